The van der Waals surface area contributed by atoms with Crippen molar-refractivity contribution in [3.05, 3.63) is 18.2 Å². The normalized spacial score (nSPS) is 17.2. The summed E-state index contributed by atoms with van der Waals surface area (Å²) in [6, 6.07) is 0. The van der Waals surface area contributed by atoms with Gasteiger partial charge in [0.05, 0.1) is 0 Å². The zero-order valence-electron chi connectivity index (χ0n) is 3.19. The van der Waals surface area contributed by atoms with Crippen LogP contribution in [0.15, 0.2) is 18.2 Å². The van der Waals surface area contributed by atoms with E-state index in [4.69, 9.17) is 0 Å². The Labute approximate surface area is 56.8 Å². The molecule has 1 rings (SSSR count). The molecule has 29 valence electrons. The number of halogens is 1. The second kappa shape index (κ2) is 2.22. The van der Waals surface area contributed by atoms with Crippen LogP contribution in [0.2, 0.25) is 0 Å². The van der Waals surface area contributed by atoms with E-state index in [-0.39, 0.29) is 22.9 Å². The van der Waals surface area contributed by atoms with Gasteiger partial charge in [-0.3, -0.25) is 0 Å². The maximum atomic E-state index is 3.36. The van der Waals surface area contributed by atoms with E-state index in [1.807, 2.05) is 0 Å². The molecule has 0 atom stereocenters. The van der Waals surface area contributed by atoms with Gasteiger partial charge in [-0.1, -0.05) is 0 Å². The summed E-state index contributed by atoms with van der Waals surface area (Å²) in [6.45, 7) is 0. The summed E-state index contributed by atoms with van der Waals surface area (Å²) < 4.78 is 5.92. The third-order valence-corrected chi connectivity index (χ3v) is 5.30. The minimum absolute atomic E-state index is 0.259. The molecule has 0 aromatic carbocycles. The molecular formula is C4H3BrIn. The summed E-state index contributed by atoms with van der Waals surface area (Å²) in [6.07, 6.45) is 2.14. The van der Waals surface area contributed by atoms with E-state index in [1.54, 1.807) is 0 Å². The molecule has 0 aromatic rings. The Kier molecular flexibility index (Phi) is 1.84. The molecule has 0 nitrogen and oxygen atoms in total. The van der Waals surface area contributed by atoms with E-state index in [0.29, 0.717) is 0 Å². The van der Waals surface area contributed by atoms with Crippen LogP contribution in [0.1, 0.15) is 0 Å². The van der Waals surface area contributed by atoms with Gasteiger partial charge in [0.25, 0.3) is 0 Å². The van der Waals surface area contributed by atoms with Gasteiger partial charge >= 0.3 is 57.1 Å². The van der Waals surface area contributed by atoms with Gasteiger partial charge in [-0.25, -0.2) is 0 Å². The SMILES string of the molecule is BrC1=[CH][In][CH]=C1. The molecule has 0 saturated heterocycles. The Balaban J connectivity index is 2.68. The van der Waals surface area contributed by atoms with Gasteiger partial charge in [-0.2, -0.15) is 0 Å². The summed E-state index contributed by atoms with van der Waals surface area (Å²) >= 11 is 3.10. The summed E-state index contributed by atoms with van der Waals surface area (Å²) in [4.78, 5) is 0. The quantitative estimate of drug-likeness (QED) is 0.606. The van der Waals surface area contributed by atoms with Crippen molar-refractivity contribution >= 4 is 38.8 Å². The van der Waals surface area contributed by atoms with Crippen LogP contribution in [0.25, 0.3) is 0 Å². The van der Waals surface area contributed by atoms with Crippen molar-refractivity contribution in [2.24, 2.45) is 0 Å². The first-order valence-electron chi connectivity index (χ1n) is 1.77. The van der Waals surface area contributed by atoms with Crippen molar-refractivity contribution in [3.63, 3.8) is 0 Å². The van der Waals surface area contributed by atoms with E-state index in [1.165, 1.54) is 4.48 Å². The van der Waals surface area contributed by atoms with Crippen LogP contribution in [0.4, 0.5) is 0 Å². The summed E-state index contributed by atoms with van der Waals surface area (Å²) in [5, 5.41) is 0. The van der Waals surface area contributed by atoms with Crippen molar-refractivity contribution in [3.8, 4) is 0 Å². The molecule has 0 unspecified atom stereocenters. The summed E-state index contributed by atoms with van der Waals surface area (Å²) in [5.74, 6) is 0. The number of allylic oxidation sites excluding steroid dienone is 2. The van der Waals surface area contributed by atoms with Crippen molar-refractivity contribution < 1.29 is 0 Å². The summed E-state index contributed by atoms with van der Waals surface area (Å²) in [7, 11) is 0. The van der Waals surface area contributed by atoms with E-state index in [9.17, 15) is 0 Å². The Morgan fingerprint density at radius 3 is 2.67 bits per heavy atom. The molecule has 0 amide bonds. The third-order valence-electron chi connectivity index (χ3n) is 0.622. The molecular weight excluding hydrogens is 243 g/mol. The molecule has 0 spiro atoms. The van der Waals surface area contributed by atoms with Crippen molar-refractivity contribution in [2.75, 3.05) is 0 Å². The van der Waals surface area contributed by atoms with Crippen LogP contribution >= 0.6 is 15.9 Å². The van der Waals surface area contributed by atoms with Crippen LogP contribution in [-0.4, -0.2) is 22.9 Å². The van der Waals surface area contributed by atoms with Crippen LogP contribution in [0.3, 0.4) is 0 Å². The van der Waals surface area contributed by atoms with Gasteiger partial charge in [-0.05, 0) is 0 Å². The van der Waals surface area contributed by atoms with Crippen molar-refractivity contribution in [1.29, 1.82) is 0 Å². The van der Waals surface area contributed by atoms with E-state index in [2.05, 4.69) is 29.7 Å². The van der Waals surface area contributed by atoms with Crippen LogP contribution in [0, 0.1) is 0 Å². The first-order valence-corrected chi connectivity index (χ1v) is 6.36. The maximum absolute atomic E-state index is 3.36. The van der Waals surface area contributed by atoms with E-state index >= 15 is 0 Å². The molecule has 1 radical (unpaired) electrons. The fourth-order valence-electron chi connectivity index (χ4n) is 0.351. The molecule has 0 saturated carbocycles. The first kappa shape index (κ1) is 4.98. The van der Waals surface area contributed by atoms with Gasteiger partial charge in [0.2, 0.25) is 0 Å². The topological polar surface area (TPSA) is 0 Å². The Morgan fingerprint density at radius 1 is 1.67 bits per heavy atom. The second-order valence-corrected chi connectivity index (χ2v) is 5.17. The standard InChI is InChI=1S/C4H3Br.In/c1-3-4(2)5;/h1-3H;. The van der Waals surface area contributed by atoms with E-state index < -0.39 is 0 Å². The predicted molar refractivity (Wildman–Crippen MR) is 31.9 cm³/mol. The van der Waals surface area contributed by atoms with E-state index in [0.717, 1.165) is 0 Å². The molecule has 0 aliphatic carbocycles. The molecule has 1 aliphatic rings. The summed E-state index contributed by atoms with van der Waals surface area (Å²) in [5.41, 5.74) is 0. The Bertz CT molecular complexity index is 101. The number of hydrogen-bond donors (Lipinski definition) is 0. The molecule has 1 aliphatic heterocycles. The number of rotatable bonds is 0. The Morgan fingerprint density at radius 2 is 2.50 bits per heavy atom. The van der Waals surface area contributed by atoms with Gasteiger partial charge in [0.15, 0.2) is 0 Å². The average Bonchev–Trinajstić information content (AvgIpc) is 1.86. The van der Waals surface area contributed by atoms with Gasteiger partial charge < -0.3 is 0 Å². The molecule has 2 heteroatoms. The molecule has 0 N–H and O–H groups in total. The number of hydrogen-bond acceptors (Lipinski definition) is 0. The zero-order valence-corrected chi connectivity index (χ0v) is 8.07. The Hall–Kier alpha value is 0.830. The molecule has 0 fully saturated rings. The van der Waals surface area contributed by atoms with Gasteiger partial charge in [0, 0.05) is 0 Å². The molecule has 6 heavy (non-hydrogen) atoms. The van der Waals surface area contributed by atoms with Crippen LogP contribution < -0.4 is 0 Å². The van der Waals surface area contributed by atoms with Gasteiger partial charge in [0.1, 0.15) is 0 Å². The molecule has 1 heterocycles. The van der Waals surface area contributed by atoms with Gasteiger partial charge in [-0.15, -0.1) is 0 Å². The fourth-order valence-corrected chi connectivity index (χ4v) is 4.40. The fraction of sp³-hybridized carbons (Fsp3) is 0. The third kappa shape index (κ3) is 1.16. The van der Waals surface area contributed by atoms with Crippen molar-refractivity contribution in [1.82, 2.24) is 0 Å². The second-order valence-electron chi connectivity index (χ2n) is 1.10. The molecule has 0 bridgehead atoms. The minimum atomic E-state index is -0.259. The predicted octanol–water partition coefficient (Wildman–Crippen LogP) is 1.45. The van der Waals surface area contributed by atoms with Crippen molar-refractivity contribution in [2.45, 2.75) is 0 Å². The zero-order chi connectivity index (χ0) is 4.41. The monoisotopic (exact) mass is 245 g/mol. The first-order chi connectivity index (χ1) is 2.89. The average molecular weight is 246 g/mol. The molecule has 0 aromatic heterocycles. The van der Waals surface area contributed by atoms with Crippen LogP contribution in [-0.2, 0) is 0 Å². The van der Waals surface area contributed by atoms with Crippen LogP contribution in [0.5, 0.6) is 0 Å².